The molecule has 1 rings (SSSR count). The first-order chi connectivity index (χ1) is 8.41. The maximum absolute atomic E-state index is 11.6. The molecule has 0 spiro atoms. The van der Waals surface area contributed by atoms with E-state index in [2.05, 4.69) is 5.32 Å². The van der Waals surface area contributed by atoms with Gasteiger partial charge in [0, 0.05) is 27.1 Å². The molecule has 2 N–H and O–H groups in total. The Kier molecular flexibility index (Phi) is 4.85. The van der Waals surface area contributed by atoms with Gasteiger partial charge in [-0.2, -0.15) is 0 Å². The highest BCUT2D eigenvalue weighted by Gasteiger charge is 2.13. The highest BCUT2D eigenvalue weighted by Crippen LogP contribution is 2.16. The van der Waals surface area contributed by atoms with Crippen LogP contribution in [-0.4, -0.2) is 48.4 Å². The lowest BCUT2D eigenvalue weighted by atomic mass is 10.3. The van der Waals surface area contributed by atoms with Crippen molar-refractivity contribution < 1.29 is 19.5 Å². The predicted octanol–water partition coefficient (Wildman–Crippen LogP) is 0.654. The highest BCUT2D eigenvalue weighted by atomic mass is 32.1. The summed E-state index contributed by atoms with van der Waals surface area (Å²) in [6.07, 6.45) is 0.218. The van der Waals surface area contributed by atoms with E-state index in [0.717, 1.165) is 11.3 Å². The quantitative estimate of drug-likeness (QED) is 0.822. The van der Waals surface area contributed by atoms with Gasteiger partial charge in [0.25, 0.3) is 5.91 Å². The molecule has 0 radical (unpaired) electrons. The monoisotopic (exact) mass is 270 g/mol. The van der Waals surface area contributed by atoms with E-state index >= 15 is 0 Å². The molecule has 1 aromatic heterocycles. The Morgan fingerprint density at radius 3 is 2.39 bits per heavy atom. The van der Waals surface area contributed by atoms with Gasteiger partial charge in [-0.25, -0.2) is 4.79 Å². The molecule has 0 saturated carbocycles. The van der Waals surface area contributed by atoms with Crippen molar-refractivity contribution in [2.75, 3.05) is 20.6 Å². The van der Waals surface area contributed by atoms with E-state index in [0.29, 0.717) is 4.88 Å². The van der Waals surface area contributed by atoms with E-state index < -0.39 is 5.97 Å². The van der Waals surface area contributed by atoms with Crippen LogP contribution in [0.4, 0.5) is 0 Å². The Hall–Kier alpha value is -1.89. The lowest BCUT2D eigenvalue weighted by Gasteiger charge is -2.09. The average molecular weight is 270 g/mol. The summed E-state index contributed by atoms with van der Waals surface area (Å²) in [6, 6.07) is 2.84. The van der Waals surface area contributed by atoms with Crippen molar-refractivity contribution in [1.82, 2.24) is 10.2 Å². The summed E-state index contributed by atoms with van der Waals surface area (Å²) in [5, 5.41) is 11.3. The van der Waals surface area contributed by atoms with E-state index in [-0.39, 0.29) is 29.7 Å². The second-order valence-corrected chi connectivity index (χ2v) is 4.85. The first kappa shape index (κ1) is 14.2. The molecule has 0 bridgehead atoms. The van der Waals surface area contributed by atoms with Crippen LogP contribution in [-0.2, 0) is 4.79 Å². The summed E-state index contributed by atoms with van der Waals surface area (Å²) in [6.45, 7) is 0.232. The van der Waals surface area contributed by atoms with Crippen molar-refractivity contribution in [2.45, 2.75) is 6.42 Å². The van der Waals surface area contributed by atoms with E-state index in [1.54, 1.807) is 14.1 Å². The summed E-state index contributed by atoms with van der Waals surface area (Å²) in [7, 11) is 3.28. The summed E-state index contributed by atoms with van der Waals surface area (Å²) in [5.74, 6) is -1.49. The van der Waals surface area contributed by atoms with Crippen LogP contribution in [0.1, 0.15) is 25.8 Å². The maximum atomic E-state index is 11.6. The van der Waals surface area contributed by atoms with Crippen LogP contribution in [0.15, 0.2) is 12.1 Å². The molecule has 0 aliphatic rings. The summed E-state index contributed by atoms with van der Waals surface area (Å²) in [5.41, 5.74) is 0. The summed E-state index contributed by atoms with van der Waals surface area (Å²) < 4.78 is 0. The molecule has 0 saturated heterocycles. The number of carbonyl (C=O) groups excluding carboxylic acids is 2. The smallest absolute Gasteiger partial charge is 0.345 e. The van der Waals surface area contributed by atoms with Crippen LogP contribution >= 0.6 is 11.3 Å². The number of amides is 2. The van der Waals surface area contributed by atoms with E-state index in [9.17, 15) is 14.4 Å². The minimum atomic E-state index is -1.05. The number of nitrogens with zero attached hydrogens (tertiary/aromatic N) is 1. The Morgan fingerprint density at radius 2 is 1.89 bits per heavy atom. The molecule has 18 heavy (non-hydrogen) atoms. The van der Waals surface area contributed by atoms with Crippen LogP contribution in [0, 0.1) is 0 Å². The van der Waals surface area contributed by atoms with Crippen LogP contribution in [0.2, 0.25) is 0 Å². The Bertz CT molecular complexity index is 467. The van der Waals surface area contributed by atoms with Gasteiger partial charge in [-0.3, -0.25) is 9.59 Å². The van der Waals surface area contributed by atoms with Crippen molar-refractivity contribution in [1.29, 1.82) is 0 Å². The fraction of sp³-hybridized carbons (Fsp3) is 0.364. The molecule has 0 atom stereocenters. The second-order valence-electron chi connectivity index (χ2n) is 3.76. The normalized spacial score (nSPS) is 9.89. The van der Waals surface area contributed by atoms with Gasteiger partial charge >= 0.3 is 5.97 Å². The van der Waals surface area contributed by atoms with Crippen LogP contribution in [0.25, 0.3) is 0 Å². The van der Waals surface area contributed by atoms with Crippen LogP contribution < -0.4 is 5.32 Å². The Balaban J connectivity index is 2.45. The number of nitrogens with one attached hydrogen (secondary N) is 1. The minimum Gasteiger partial charge on any atom is -0.477 e. The zero-order chi connectivity index (χ0) is 13.7. The minimum absolute atomic E-state index is 0.0762. The maximum Gasteiger partial charge on any atom is 0.345 e. The molecule has 0 aliphatic carbocycles. The number of carboxylic acids is 1. The molecule has 0 unspecified atom stereocenters. The fourth-order valence-electron chi connectivity index (χ4n) is 1.17. The third kappa shape index (κ3) is 3.85. The van der Waals surface area contributed by atoms with Crippen molar-refractivity contribution in [3.05, 3.63) is 21.9 Å². The largest absolute Gasteiger partial charge is 0.477 e. The second kappa shape index (κ2) is 6.15. The third-order valence-corrected chi connectivity index (χ3v) is 3.24. The number of carbonyl (C=O) groups is 3. The van der Waals surface area contributed by atoms with Gasteiger partial charge in [0.1, 0.15) is 4.88 Å². The van der Waals surface area contributed by atoms with Gasteiger partial charge in [-0.15, -0.1) is 11.3 Å². The zero-order valence-electron chi connectivity index (χ0n) is 10.1. The average Bonchev–Trinajstić information content (AvgIpc) is 2.77. The van der Waals surface area contributed by atoms with Gasteiger partial charge in [-0.05, 0) is 12.1 Å². The van der Waals surface area contributed by atoms with Gasteiger partial charge in [0.15, 0.2) is 0 Å². The third-order valence-electron chi connectivity index (χ3n) is 2.16. The molecule has 6 nitrogen and oxygen atoms in total. The number of rotatable bonds is 5. The van der Waals surface area contributed by atoms with Gasteiger partial charge < -0.3 is 15.3 Å². The van der Waals surface area contributed by atoms with Crippen molar-refractivity contribution in [2.24, 2.45) is 0 Å². The summed E-state index contributed by atoms with van der Waals surface area (Å²) in [4.78, 5) is 35.4. The molecular formula is C11H14N2O4S. The Labute approximate surface area is 108 Å². The van der Waals surface area contributed by atoms with Crippen LogP contribution in [0.3, 0.4) is 0 Å². The number of hydrogen-bond donors (Lipinski definition) is 2. The standard InChI is InChI=1S/C11H14N2O4S/c1-13(2)9(14)5-6-12-10(15)7-3-4-8(18-7)11(16)17/h3-4H,5-6H2,1-2H3,(H,12,15)(H,16,17). The number of carboxylic acid groups (broad SMARTS) is 1. The fourth-order valence-corrected chi connectivity index (χ4v) is 1.93. The van der Waals surface area contributed by atoms with Gasteiger partial charge in [-0.1, -0.05) is 0 Å². The molecular weight excluding hydrogens is 256 g/mol. The highest BCUT2D eigenvalue weighted by molar-refractivity contribution is 7.15. The van der Waals surface area contributed by atoms with E-state index in [4.69, 9.17) is 5.11 Å². The lowest BCUT2D eigenvalue weighted by Crippen LogP contribution is -2.29. The zero-order valence-corrected chi connectivity index (χ0v) is 10.9. The topological polar surface area (TPSA) is 86.7 Å². The summed E-state index contributed by atoms with van der Waals surface area (Å²) >= 11 is 0.907. The van der Waals surface area contributed by atoms with Gasteiger partial charge in [0.2, 0.25) is 5.91 Å². The Morgan fingerprint density at radius 1 is 1.28 bits per heavy atom. The molecule has 0 aliphatic heterocycles. The lowest BCUT2D eigenvalue weighted by molar-refractivity contribution is -0.128. The molecule has 1 aromatic rings. The van der Waals surface area contributed by atoms with E-state index in [1.165, 1.54) is 17.0 Å². The SMILES string of the molecule is CN(C)C(=O)CCNC(=O)c1ccc(C(=O)O)s1. The predicted molar refractivity (Wildman–Crippen MR) is 66.9 cm³/mol. The van der Waals surface area contributed by atoms with Crippen LogP contribution in [0.5, 0.6) is 0 Å². The molecule has 7 heteroatoms. The number of thiophene rings is 1. The van der Waals surface area contributed by atoms with Crippen molar-refractivity contribution >= 4 is 29.1 Å². The van der Waals surface area contributed by atoms with Gasteiger partial charge in [0.05, 0.1) is 4.88 Å². The van der Waals surface area contributed by atoms with Crippen molar-refractivity contribution in [3.8, 4) is 0 Å². The first-order valence-corrected chi connectivity index (χ1v) is 6.05. The first-order valence-electron chi connectivity index (χ1n) is 5.23. The number of aromatic carboxylic acids is 1. The molecule has 98 valence electrons. The molecule has 0 aromatic carbocycles. The van der Waals surface area contributed by atoms with E-state index in [1.807, 2.05) is 0 Å². The molecule has 1 heterocycles. The van der Waals surface area contributed by atoms with Crippen molar-refractivity contribution in [3.63, 3.8) is 0 Å². The number of hydrogen-bond acceptors (Lipinski definition) is 4. The molecule has 2 amide bonds. The molecule has 0 fully saturated rings.